The third-order valence-electron chi connectivity index (χ3n) is 7.30. The number of hydrogen-bond donors (Lipinski definition) is 0. The average molecular weight is 551 g/mol. The Morgan fingerprint density at radius 3 is 2.46 bits per heavy atom. The molecule has 2 heterocycles. The van der Waals surface area contributed by atoms with Gasteiger partial charge in [-0.05, 0) is 61.2 Å². The second-order valence-electron chi connectivity index (χ2n) is 10.4. The van der Waals surface area contributed by atoms with Crippen molar-refractivity contribution >= 4 is 0 Å². The van der Waals surface area contributed by atoms with Crippen LogP contribution in [0.2, 0.25) is 0 Å². The van der Waals surface area contributed by atoms with E-state index in [1.54, 1.807) is 0 Å². The summed E-state index contributed by atoms with van der Waals surface area (Å²) < 4.78 is 19.7. The Bertz CT molecular complexity index is 1520. The molecule has 0 amide bonds. The average Bonchev–Trinajstić information content (AvgIpc) is 3.33. The number of rotatable bonds is 12. The Morgan fingerprint density at radius 2 is 1.71 bits per heavy atom. The van der Waals surface area contributed by atoms with Crippen molar-refractivity contribution in [1.29, 1.82) is 5.26 Å². The first-order valence-electron chi connectivity index (χ1n) is 14.5. The zero-order valence-corrected chi connectivity index (χ0v) is 24.2. The Balaban J connectivity index is 1.53. The summed E-state index contributed by atoms with van der Waals surface area (Å²) in [4.78, 5) is 7.25. The molecule has 3 aromatic carbocycles. The van der Waals surface area contributed by atoms with E-state index >= 15 is 0 Å². The molecule has 212 valence electrons. The molecule has 0 saturated carbocycles. The first kappa shape index (κ1) is 28.3. The Kier molecular flexibility index (Phi) is 9.22. The van der Waals surface area contributed by atoms with Crippen LogP contribution in [-0.4, -0.2) is 34.3 Å². The minimum Gasteiger partial charge on any atom is -0.494 e. The molecule has 0 fully saturated rings. The number of nitrogens with zero attached hydrogens (tertiary/aromatic N) is 4. The molecule has 41 heavy (non-hydrogen) atoms. The van der Waals surface area contributed by atoms with Crippen LogP contribution in [0.15, 0.2) is 66.7 Å². The summed E-state index contributed by atoms with van der Waals surface area (Å²) in [5.74, 6) is 3.28. The number of fused-ring (bicyclic) bond motifs is 1. The number of nitriles is 1. The molecule has 4 aromatic rings. The van der Waals surface area contributed by atoms with Crippen molar-refractivity contribution in [3.8, 4) is 34.7 Å². The lowest BCUT2D eigenvalue weighted by Gasteiger charge is -2.25. The molecule has 5 rings (SSSR count). The van der Waals surface area contributed by atoms with E-state index in [9.17, 15) is 5.26 Å². The zero-order valence-electron chi connectivity index (χ0n) is 24.2. The Hall–Kier alpha value is -4.28. The summed E-state index contributed by atoms with van der Waals surface area (Å²) in [6, 6.07) is 25.1. The SMILES string of the molecule is CCCCn1c(-c2ccccc2C)nc(C#N)c1CN(Cc1cccc(OCC)c1)Cc1ccc2c(c1)OCCO2. The maximum absolute atomic E-state index is 10.2. The van der Waals surface area contributed by atoms with Gasteiger partial charge in [0.05, 0.1) is 12.3 Å². The lowest BCUT2D eigenvalue weighted by molar-refractivity contribution is 0.170. The number of imidazole rings is 1. The highest BCUT2D eigenvalue weighted by Crippen LogP contribution is 2.32. The number of aryl methyl sites for hydroxylation is 1. The molecule has 0 bridgehead atoms. The van der Waals surface area contributed by atoms with Gasteiger partial charge in [-0.3, -0.25) is 4.90 Å². The van der Waals surface area contributed by atoms with Crippen LogP contribution in [-0.2, 0) is 26.2 Å². The standard InChI is InChI=1S/C34H38N4O3/c1-4-6-16-38-31(30(21-35)36-34(38)29-13-8-7-10-25(29)3)24-37(22-26-11-9-12-28(19-26)39-5-2)23-27-14-15-32-33(20-27)41-18-17-40-32/h7-15,19-20H,4-6,16-18,22-24H2,1-3H3. The van der Waals surface area contributed by atoms with Gasteiger partial charge in [0.1, 0.15) is 30.9 Å². The van der Waals surface area contributed by atoms with Gasteiger partial charge < -0.3 is 18.8 Å². The first-order chi connectivity index (χ1) is 20.1. The summed E-state index contributed by atoms with van der Waals surface area (Å²) in [6.07, 6.45) is 2.06. The van der Waals surface area contributed by atoms with Crippen LogP contribution in [0.1, 0.15) is 54.8 Å². The van der Waals surface area contributed by atoms with E-state index in [0.717, 1.165) is 70.4 Å². The van der Waals surface area contributed by atoms with Gasteiger partial charge in [-0.25, -0.2) is 4.98 Å². The van der Waals surface area contributed by atoms with E-state index < -0.39 is 0 Å². The highest BCUT2D eigenvalue weighted by atomic mass is 16.6. The molecule has 0 unspecified atom stereocenters. The molecule has 0 radical (unpaired) electrons. The van der Waals surface area contributed by atoms with Crippen molar-refractivity contribution in [2.45, 2.75) is 59.8 Å². The summed E-state index contributed by atoms with van der Waals surface area (Å²) in [5.41, 5.74) is 5.90. The Labute approximate surface area is 242 Å². The summed E-state index contributed by atoms with van der Waals surface area (Å²) in [5, 5.41) is 10.2. The van der Waals surface area contributed by atoms with Crippen LogP contribution in [0.4, 0.5) is 0 Å². The second kappa shape index (κ2) is 13.4. The number of hydrogen-bond acceptors (Lipinski definition) is 6. The molecular formula is C34H38N4O3. The molecule has 7 nitrogen and oxygen atoms in total. The normalized spacial score (nSPS) is 12.4. The maximum Gasteiger partial charge on any atom is 0.163 e. The van der Waals surface area contributed by atoms with E-state index in [1.807, 2.05) is 37.3 Å². The fraction of sp³-hybridized carbons (Fsp3) is 0.353. The predicted octanol–water partition coefficient (Wildman–Crippen LogP) is 6.90. The van der Waals surface area contributed by atoms with E-state index in [4.69, 9.17) is 19.2 Å². The second-order valence-corrected chi connectivity index (χ2v) is 10.4. The van der Waals surface area contributed by atoms with Gasteiger partial charge in [0, 0.05) is 31.7 Å². The monoisotopic (exact) mass is 550 g/mol. The Morgan fingerprint density at radius 1 is 0.927 bits per heavy atom. The van der Waals surface area contributed by atoms with Crippen LogP contribution in [0, 0.1) is 18.3 Å². The summed E-state index contributed by atoms with van der Waals surface area (Å²) in [7, 11) is 0. The van der Waals surface area contributed by atoms with Crippen LogP contribution in [0.5, 0.6) is 17.2 Å². The smallest absolute Gasteiger partial charge is 0.163 e. The number of unbranched alkanes of at least 4 members (excludes halogenated alkanes) is 1. The third-order valence-corrected chi connectivity index (χ3v) is 7.30. The fourth-order valence-corrected chi connectivity index (χ4v) is 5.31. The highest BCUT2D eigenvalue weighted by Gasteiger charge is 2.22. The predicted molar refractivity (Wildman–Crippen MR) is 160 cm³/mol. The molecule has 0 saturated heterocycles. The lowest BCUT2D eigenvalue weighted by Crippen LogP contribution is -2.25. The largest absolute Gasteiger partial charge is 0.494 e. The van der Waals surface area contributed by atoms with Crippen molar-refractivity contribution in [2.24, 2.45) is 0 Å². The molecule has 1 aliphatic heterocycles. The number of aromatic nitrogens is 2. The van der Waals surface area contributed by atoms with E-state index in [1.165, 1.54) is 0 Å². The van der Waals surface area contributed by atoms with Crippen LogP contribution < -0.4 is 14.2 Å². The van der Waals surface area contributed by atoms with Crippen LogP contribution in [0.25, 0.3) is 11.4 Å². The molecule has 0 aliphatic carbocycles. The van der Waals surface area contributed by atoms with E-state index in [-0.39, 0.29) is 0 Å². The number of benzene rings is 3. The molecule has 7 heteroatoms. The minimum atomic E-state index is 0.481. The summed E-state index contributed by atoms with van der Waals surface area (Å²) >= 11 is 0. The maximum atomic E-state index is 10.2. The van der Waals surface area contributed by atoms with Gasteiger partial charge in [0.25, 0.3) is 0 Å². The first-order valence-corrected chi connectivity index (χ1v) is 14.5. The minimum absolute atomic E-state index is 0.481. The number of ether oxygens (including phenoxy) is 3. The van der Waals surface area contributed by atoms with Crippen LogP contribution >= 0.6 is 0 Å². The van der Waals surface area contributed by atoms with Crippen molar-refractivity contribution in [3.05, 3.63) is 94.8 Å². The molecule has 1 aliphatic rings. The topological polar surface area (TPSA) is 72.5 Å². The van der Waals surface area contributed by atoms with Gasteiger partial charge in [-0.1, -0.05) is 55.8 Å². The van der Waals surface area contributed by atoms with Gasteiger partial charge >= 0.3 is 0 Å². The van der Waals surface area contributed by atoms with Crippen molar-refractivity contribution in [2.75, 3.05) is 19.8 Å². The van der Waals surface area contributed by atoms with E-state index in [0.29, 0.717) is 45.1 Å². The molecule has 0 atom stereocenters. The van der Waals surface area contributed by atoms with Gasteiger partial charge in [-0.15, -0.1) is 0 Å². The zero-order chi connectivity index (χ0) is 28.6. The molecule has 0 spiro atoms. The van der Waals surface area contributed by atoms with E-state index in [2.05, 4.69) is 65.8 Å². The van der Waals surface area contributed by atoms with Gasteiger partial charge in [-0.2, -0.15) is 5.26 Å². The van der Waals surface area contributed by atoms with Crippen molar-refractivity contribution in [3.63, 3.8) is 0 Å². The highest BCUT2D eigenvalue weighted by molar-refractivity contribution is 5.62. The third kappa shape index (κ3) is 6.72. The molecule has 0 N–H and O–H groups in total. The van der Waals surface area contributed by atoms with Crippen molar-refractivity contribution in [1.82, 2.24) is 14.5 Å². The summed E-state index contributed by atoms with van der Waals surface area (Å²) in [6.45, 7) is 10.7. The molecular weight excluding hydrogens is 512 g/mol. The van der Waals surface area contributed by atoms with Gasteiger partial charge in [0.2, 0.25) is 0 Å². The van der Waals surface area contributed by atoms with Crippen LogP contribution in [0.3, 0.4) is 0 Å². The van der Waals surface area contributed by atoms with Crippen molar-refractivity contribution < 1.29 is 14.2 Å². The quantitative estimate of drug-likeness (QED) is 0.191. The fourth-order valence-electron chi connectivity index (χ4n) is 5.31. The molecule has 1 aromatic heterocycles. The van der Waals surface area contributed by atoms with Gasteiger partial charge in [0.15, 0.2) is 17.2 Å². The lowest BCUT2D eigenvalue weighted by atomic mass is 10.1.